The highest BCUT2D eigenvalue weighted by atomic mass is 79.9. The number of anilines is 1. The maximum absolute atomic E-state index is 6.02. The fourth-order valence-corrected chi connectivity index (χ4v) is 2.48. The van der Waals surface area contributed by atoms with E-state index in [0.717, 1.165) is 32.7 Å². The minimum atomic E-state index is 0.436. The molecule has 0 fully saturated rings. The normalized spacial score (nSPS) is 10.4. The van der Waals surface area contributed by atoms with Crippen molar-refractivity contribution in [3.8, 4) is 11.5 Å². The average Bonchev–Trinajstić information content (AvgIpc) is 2.39. The molecule has 2 aromatic rings. The maximum Gasteiger partial charge on any atom is 0.145 e. The fourth-order valence-electron chi connectivity index (χ4n) is 2.12. The monoisotopic (exact) mass is 335 g/mol. The first-order valence-electron chi connectivity index (χ1n) is 6.33. The van der Waals surface area contributed by atoms with Crippen LogP contribution in [0.5, 0.6) is 11.5 Å². The van der Waals surface area contributed by atoms with E-state index < -0.39 is 0 Å². The molecule has 0 unspecified atom stereocenters. The second-order valence-electron chi connectivity index (χ2n) is 4.75. The Morgan fingerprint density at radius 1 is 1.15 bits per heavy atom. The molecule has 2 aromatic carbocycles. The molecule has 0 radical (unpaired) electrons. The summed E-state index contributed by atoms with van der Waals surface area (Å²) >= 11 is 3.52. The summed E-state index contributed by atoms with van der Waals surface area (Å²) in [6, 6.07) is 9.78. The molecule has 0 atom stereocenters. The molecule has 0 saturated heterocycles. The van der Waals surface area contributed by atoms with Crippen molar-refractivity contribution in [3.63, 3.8) is 0 Å². The van der Waals surface area contributed by atoms with E-state index in [1.807, 2.05) is 38.1 Å². The van der Waals surface area contributed by atoms with Crippen molar-refractivity contribution in [1.82, 2.24) is 0 Å². The first-order valence-corrected chi connectivity index (χ1v) is 7.12. The molecular weight excluding hydrogens is 318 g/mol. The third kappa shape index (κ3) is 3.25. The van der Waals surface area contributed by atoms with Crippen molar-refractivity contribution in [2.24, 2.45) is 0 Å². The van der Waals surface area contributed by atoms with E-state index in [2.05, 4.69) is 22.0 Å². The zero-order valence-corrected chi connectivity index (χ0v) is 13.5. The van der Waals surface area contributed by atoms with Gasteiger partial charge in [-0.2, -0.15) is 0 Å². The van der Waals surface area contributed by atoms with Gasteiger partial charge in [0, 0.05) is 10.0 Å². The lowest BCUT2D eigenvalue weighted by Gasteiger charge is -2.14. The van der Waals surface area contributed by atoms with E-state index in [0.29, 0.717) is 12.3 Å². The predicted molar refractivity (Wildman–Crippen MR) is 85.4 cm³/mol. The summed E-state index contributed by atoms with van der Waals surface area (Å²) in [5, 5.41) is 0. The van der Waals surface area contributed by atoms with Crippen LogP contribution in [-0.4, -0.2) is 7.11 Å². The molecule has 0 spiro atoms. The Bertz CT molecular complexity index is 603. The van der Waals surface area contributed by atoms with Gasteiger partial charge in [-0.3, -0.25) is 0 Å². The highest BCUT2D eigenvalue weighted by molar-refractivity contribution is 9.10. The predicted octanol–water partition coefficient (Wildman–Crippen LogP) is 4.24. The van der Waals surface area contributed by atoms with Crippen LogP contribution in [0.2, 0.25) is 0 Å². The molecule has 0 bridgehead atoms. The van der Waals surface area contributed by atoms with E-state index in [4.69, 9.17) is 15.2 Å². The number of aryl methyl sites for hydroxylation is 2. The van der Waals surface area contributed by atoms with Gasteiger partial charge in [-0.05, 0) is 49.2 Å². The summed E-state index contributed by atoms with van der Waals surface area (Å²) in [7, 11) is 1.65. The van der Waals surface area contributed by atoms with Crippen LogP contribution in [0.1, 0.15) is 16.7 Å². The number of benzene rings is 2. The summed E-state index contributed by atoms with van der Waals surface area (Å²) in [6.07, 6.45) is 0. The number of nitrogens with two attached hydrogens (primary N) is 1. The minimum Gasteiger partial charge on any atom is -0.497 e. The third-order valence-corrected chi connectivity index (χ3v) is 3.85. The van der Waals surface area contributed by atoms with Crippen LogP contribution < -0.4 is 15.2 Å². The van der Waals surface area contributed by atoms with Crippen LogP contribution in [0, 0.1) is 13.8 Å². The number of ether oxygens (including phenoxy) is 2. The van der Waals surface area contributed by atoms with Crippen molar-refractivity contribution in [2.75, 3.05) is 12.8 Å². The molecule has 2 N–H and O–H groups in total. The fraction of sp³-hybridized carbons (Fsp3) is 0.250. The lowest BCUT2D eigenvalue weighted by Crippen LogP contribution is -2.02. The van der Waals surface area contributed by atoms with Gasteiger partial charge in [-0.15, -0.1) is 0 Å². The second-order valence-corrected chi connectivity index (χ2v) is 5.60. The van der Waals surface area contributed by atoms with Gasteiger partial charge < -0.3 is 15.2 Å². The second kappa shape index (κ2) is 6.18. The molecule has 20 heavy (non-hydrogen) atoms. The SMILES string of the molecule is COc1ccc(Br)c(COc2c(C)cc(C)cc2N)c1. The maximum atomic E-state index is 6.02. The van der Waals surface area contributed by atoms with Gasteiger partial charge in [-0.1, -0.05) is 22.0 Å². The van der Waals surface area contributed by atoms with Crippen LogP contribution in [0.25, 0.3) is 0 Å². The number of methoxy groups -OCH3 is 1. The summed E-state index contributed by atoms with van der Waals surface area (Å²) < 4.78 is 12.1. The number of hydrogen-bond donors (Lipinski definition) is 1. The summed E-state index contributed by atoms with van der Waals surface area (Å²) in [5.41, 5.74) is 9.88. The Morgan fingerprint density at radius 2 is 1.90 bits per heavy atom. The van der Waals surface area contributed by atoms with E-state index in [9.17, 15) is 0 Å². The molecule has 0 aromatic heterocycles. The van der Waals surface area contributed by atoms with Crippen molar-refractivity contribution >= 4 is 21.6 Å². The molecular formula is C16H18BrNO2. The molecule has 3 nitrogen and oxygen atoms in total. The van der Waals surface area contributed by atoms with Crippen LogP contribution in [0.15, 0.2) is 34.8 Å². The van der Waals surface area contributed by atoms with Gasteiger partial charge in [0.2, 0.25) is 0 Å². The van der Waals surface area contributed by atoms with Crippen molar-refractivity contribution < 1.29 is 9.47 Å². The molecule has 0 saturated carbocycles. The van der Waals surface area contributed by atoms with Crippen LogP contribution in [0.3, 0.4) is 0 Å². The van der Waals surface area contributed by atoms with E-state index in [-0.39, 0.29) is 0 Å². The number of nitrogen functional groups attached to an aromatic ring is 1. The van der Waals surface area contributed by atoms with E-state index in [1.54, 1.807) is 7.11 Å². The Balaban J connectivity index is 2.21. The van der Waals surface area contributed by atoms with Gasteiger partial charge >= 0.3 is 0 Å². The minimum absolute atomic E-state index is 0.436. The van der Waals surface area contributed by atoms with Crippen molar-refractivity contribution in [1.29, 1.82) is 0 Å². The largest absolute Gasteiger partial charge is 0.497 e. The van der Waals surface area contributed by atoms with E-state index in [1.165, 1.54) is 0 Å². The zero-order chi connectivity index (χ0) is 14.7. The molecule has 2 rings (SSSR count). The zero-order valence-electron chi connectivity index (χ0n) is 11.9. The van der Waals surface area contributed by atoms with Gasteiger partial charge in [0.05, 0.1) is 12.8 Å². The molecule has 0 aliphatic rings. The first kappa shape index (κ1) is 14.7. The highest BCUT2D eigenvalue weighted by Gasteiger charge is 2.08. The molecule has 4 heteroatoms. The quantitative estimate of drug-likeness (QED) is 0.850. The topological polar surface area (TPSA) is 44.5 Å². The van der Waals surface area contributed by atoms with Crippen LogP contribution in [-0.2, 0) is 6.61 Å². The first-order chi connectivity index (χ1) is 9.51. The lowest BCUT2D eigenvalue weighted by atomic mass is 10.1. The molecule has 106 valence electrons. The van der Waals surface area contributed by atoms with Crippen molar-refractivity contribution in [2.45, 2.75) is 20.5 Å². The average molecular weight is 336 g/mol. The van der Waals surface area contributed by atoms with Gasteiger partial charge in [0.1, 0.15) is 18.1 Å². The van der Waals surface area contributed by atoms with Crippen molar-refractivity contribution in [3.05, 3.63) is 51.5 Å². The Morgan fingerprint density at radius 3 is 2.55 bits per heavy atom. The molecule has 0 amide bonds. The third-order valence-electron chi connectivity index (χ3n) is 3.07. The summed E-state index contributed by atoms with van der Waals surface area (Å²) in [5.74, 6) is 1.55. The van der Waals surface area contributed by atoms with Crippen LogP contribution >= 0.6 is 15.9 Å². The standard InChI is InChI=1S/C16H18BrNO2/c1-10-6-11(2)16(15(18)7-10)20-9-12-8-13(19-3)4-5-14(12)17/h4-8H,9,18H2,1-3H3. The van der Waals surface area contributed by atoms with Gasteiger partial charge in [0.25, 0.3) is 0 Å². The Kier molecular flexibility index (Phi) is 4.55. The van der Waals surface area contributed by atoms with E-state index >= 15 is 0 Å². The van der Waals surface area contributed by atoms with Gasteiger partial charge in [-0.25, -0.2) is 0 Å². The number of halogens is 1. The number of rotatable bonds is 4. The Hall–Kier alpha value is -1.68. The summed E-state index contributed by atoms with van der Waals surface area (Å²) in [6.45, 7) is 4.46. The van der Waals surface area contributed by atoms with Gasteiger partial charge in [0.15, 0.2) is 0 Å². The van der Waals surface area contributed by atoms with Crippen LogP contribution in [0.4, 0.5) is 5.69 Å². The molecule has 0 heterocycles. The Labute approximate surface area is 127 Å². The highest BCUT2D eigenvalue weighted by Crippen LogP contribution is 2.30. The lowest BCUT2D eigenvalue weighted by molar-refractivity contribution is 0.304. The molecule has 0 aliphatic heterocycles. The summed E-state index contributed by atoms with van der Waals surface area (Å²) in [4.78, 5) is 0. The number of hydrogen-bond acceptors (Lipinski definition) is 3. The smallest absolute Gasteiger partial charge is 0.145 e. The molecule has 0 aliphatic carbocycles.